The van der Waals surface area contributed by atoms with Crippen molar-refractivity contribution in [3.63, 3.8) is 0 Å². The van der Waals surface area contributed by atoms with Gasteiger partial charge in [-0.15, -0.1) is 0 Å². The Bertz CT molecular complexity index is 585. The molecular formula is C15H19FN2O5. The van der Waals surface area contributed by atoms with Crippen LogP contribution >= 0.6 is 0 Å². The van der Waals surface area contributed by atoms with Crippen LogP contribution in [0.15, 0.2) is 18.3 Å². The molecule has 0 aliphatic carbocycles. The van der Waals surface area contributed by atoms with Gasteiger partial charge in [-0.25, -0.2) is 9.78 Å². The summed E-state index contributed by atoms with van der Waals surface area (Å²) in [4.78, 5) is 29.1. The van der Waals surface area contributed by atoms with E-state index in [-0.39, 0.29) is 13.2 Å². The highest BCUT2D eigenvalue weighted by Gasteiger charge is 2.41. The van der Waals surface area contributed by atoms with Gasteiger partial charge >= 0.3 is 5.97 Å². The molecule has 126 valence electrons. The number of pyridine rings is 1. The van der Waals surface area contributed by atoms with E-state index in [4.69, 9.17) is 9.47 Å². The number of aromatic nitrogens is 1. The van der Waals surface area contributed by atoms with Gasteiger partial charge in [0.1, 0.15) is 5.60 Å². The maximum Gasteiger partial charge on any atom is 0.338 e. The summed E-state index contributed by atoms with van der Waals surface area (Å²) in [5, 5.41) is 10.1. The third-order valence-corrected chi connectivity index (χ3v) is 3.08. The number of ether oxygens (including phenoxy) is 2. The van der Waals surface area contributed by atoms with Gasteiger partial charge in [0, 0.05) is 6.54 Å². The van der Waals surface area contributed by atoms with Crippen LogP contribution in [0.4, 0.5) is 10.1 Å². The number of hydrogen-bond donors (Lipinski definition) is 1. The van der Waals surface area contributed by atoms with E-state index in [1.54, 1.807) is 20.8 Å². The van der Waals surface area contributed by atoms with E-state index in [1.807, 2.05) is 0 Å². The SMILES string of the molecule is CC(C)(C)OC(=O)[C@H](O)[C@H]1OCCN(c2ccc(F)nc2)C1=O. The Morgan fingerprint density at radius 3 is 2.78 bits per heavy atom. The maximum atomic E-state index is 12.9. The van der Waals surface area contributed by atoms with Gasteiger partial charge in [0.25, 0.3) is 5.91 Å². The maximum absolute atomic E-state index is 12.9. The van der Waals surface area contributed by atoms with Crippen LogP contribution in [0.2, 0.25) is 0 Å². The molecule has 8 heteroatoms. The number of nitrogens with zero attached hydrogens (tertiary/aromatic N) is 2. The predicted molar refractivity (Wildman–Crippen MR) is 78.1 cm³/mol. The van der Waals surface area contributed by atoms with Crippen LogP contribution in [0.1, 0.15) is 20.8 Å². The zero-order valence-electron chi connectivity index (χ0n) is 13.2. The molecule has 0 unspecified atom stereocenters. The third kappa shape index (κ3) is 4.23. The summed E-state index contributed by atoms with van der Waals surface area (Å²) in [6.45, 7) is 5.28. The highest BCUT2D eigenvalue weighted by molar-refractivity contribution is 6.00. The van der Waals surface area contributed by atoms with Crippen molar-refractivity contribution in [1.29, 1.82) is 0 Å². The second-order valence-electron chi connectivity index (χ2n) is 6.10. The van der Waals surface area contributed by atoms with Gasteiger partial charge < -0.3 is 19.5 Å². The molecule has 1 saturated heterocycles. The van der Waals surface area contributed by atoms with Crippen molar-refractivity contribution in [2.45, 2.75) is 38.6 Å². The number of hydrogen-bond acceptors (Lipinski definition) is 6. The third-order valence-electron chi connectivity index (χ3n) is 3.08. The molecule has 23 heavy (non-hydrogen) atoms. The number of aliphatic hydroxyl groups is 1. The molecule has 0 bridgehead atoms. The van der Waals surface area contributed by atoms with E-state index in [9.17, 15) is 19.1 Å². The van der Waals surface area contributed by atoms with Crippen molar-refractivity contribution in [2.75, 3.05) is 18.1 Å². The molecular weight excluding hydrogens is 307 g/mol. The lowest BCUT2D eigenvalue weighted by molar-refractivity contribution is -0.177. The molecule has 1 aromatic rings. The number of anilines is 1. The quantitative estimate of drug-likeness (QED) is 0.648. The fourth-order valence-electron chi connectivity index (χ4n) is 2.10. The van der Waals surface area contributed by atoms with E-state index >= 15 is 0 Å². The average molecular weight is 326 g/mol. The topological polar surface area (TPSA) is 89.0 Å². The number of carbonyl (C=O) groups is 2. The second-order valence-corrected chi connectivity index (χ2v) is 6.10. The molecule has 0 radical (unpaired) electrons. The van der Waals surface area contributed by atoms with Gasteiger partial charge in [-0.1, -0.05) is 0 Å². The molecule has 0 saturated carbocycles. The molecule has 7 nitrogen and oxygen atoms in total. The number of aliphatic hydroxyl groups excluding tert-OH is 1. The predicted octanol–water partition coefficient (Wildman–Crippen LogP) is 0.655. The average Bonchev–Trinajstić information content (AvgIpc) is 2.46. The van der Waals surface area contributed by atoms with Crippen molar-refractivity contribution >= 4 is 17.6 Å². The van der Waals surface area contributed by atoms with Gasteiger partial charge in [0.05, 0.1) is 18.5 Å². The lowest BCUT2D eigenvalue weighted by atomic mass is 10.1. The van der Waals surface area contributed by atoms with E-state index in [1.165, 1.54) is 17.2 Å². The van der Waals surface area contributed by atoms with E-state index in [0.29, 0.717) is 5.69 Å². The molecule has 0 spiro atoms. The summed E-state index contributed by atoms with van der Waals surface area (Å²) >= 11 is 0. The number of carbonyl (C=O) groups excluding carboxylic acids is 2. The standard InChI is InChI=1S/C15H19FN2O5/c1-15(2,3)23-14(21)11(19)12-13(20)18(6-7-22-12)9-4-5-10(16)17-8-9/h4-5,8,11-12,19H,6-7H2,1-3H3/t11-,12-/m1/s1. The van der Waals surface area contributed by atoms with Crippen LogP contribution in [0.25, 0.3) is 0 Å². The Labute approximate surface area is 133 Å². The Hall–Kier alpha value is -2.06. The molecule has 1 aliphatic rings. The number of esters is 1. The fourth-order valence-corrected chi connectivity index (χ4v) is 2.10. The molecule has 0 aromatic carbocycles. The Morgan fingerprint density at radius 2 is 2.22 bits per heavy atom. The van der Waals surface area contributed by atoms with E-state index in [2.05, 4.69) is 4.98 Å². The minimum Gasteiger partial charge on any atom is -0.458 e. The first-order valence-electron chi connectivity index (χ1n) is 7.14. The number of rotatable bonds is 3. The second kappa shape index (κ2) is 6.59. The van der Waals surface area contributed by atoms with Crippen LogP contribution in [-0.4, -0.2) is 52.9 Å². The van der Waals surface area contributed by atoms with Gasteiger partial charge in [-0.2, -0.15) is 4.39 Å². The normalized spacial score (nSPS) is 20.3. The summed E-state index contributed by atoms with van der Waals surface area (Å²) in [5.41, 5.74) is -0.433. The molecule has 1 aromatic heterocycles. The lowest BCUT2D eigenvalue weighted by Crippen LogP contribution is -2.55. The van der Waals surface area contributed by atoms with E-state index < -0.39 is 35.6 Å². The summed E-state index contributed by atoms with van der Waals surface area (Å²) < 4.78 is 23.2. The Morgan fingerprint density at radius 1 is 1.52 bits per heavy atom. The largest absolute Gasteiger partial charge is 0.458 e. The monoisotopic (exact) mass is 326 g/mol. The van der Waals surface area contributed by atoms with Crippen LogP contribution in [-0.2, 0) is 19.1 Å². The Kier molecular flexibility index (Phi) is 4.96. The van der Waals surface area contributed by atoms with Gasteiger partial charge in [-0.3, -0.25) is 4.79 Å². The molecule has 2 heterocycles. The smallest absolute Gasteiger partial charge is 0.338 e. The molecule has 1 amide bonds. The van der Waals surface area contributed by atoms with E-state index in [0.717, 1.165) is 6.07 Å². The van der Waals surface area contributed by atoms with Crippen molar-refractivity contribution in [3.8, 4) is 0 Å². The van der Waals surface area contributed by atoms with Crippen molar-refractivity contribution in [1.82, 2.24) is 4.98 Å². The number of halogens is 1. The fraction of sp³-hybridized carbons (Fsp3) is 0.533. The van der Waals surface area contributed by atoms with Gasteiger partial charge in [0.2, 0.25) is 5.95 Å². The molecule has 2 atom stereocenters. The van der Waals surface area contributed by atoms with Crippen LogP contribution in [0, 0.1) is 5.95 Å². The van der Waals surface area contributed by atoms with Gasteiger partial charge in [0.15, 0.2) is 12.2 Å². The van der Waals surface area contributed by atoms with Crippen LogP contribution < -0.4 is 4.90 Å². The summed E-state index contributed by atoms with van der Waals surface area (Å²) in [6, 6.07) is 2.51. The minimum absolute atomic E-state index is 0.119. The number of amides is 1. The highest BCUT2D eigenvalue weighted by atomic mass is 19.1. The highest BCUT2D eigenvalue weighted by Crippen LogP contribution is 2.21. The van der Waals surface area contributed by atoms with Crippen LogP contribution in [0.3, 0.4) is 0 Å². The van der Waals surface area contributed by atoms with Gasteiger partial charge in [-0.05, 0) is 32.9 Å². The zero-order valence-corrected chi connectivity index (χ0v) is 13.2. The lowest BCUT2D eigenvalue weighted by Gasteiger charge is -2.34. The molecule has 2 rings (SSSR count). The number of morpholine rings is 1. The van der Waals surface area contributed by atoms with Crippen molar-refractivity contribution < 1.29 is 28.6 Å². The summed E-state index contributed by atoms with van der Waals surface area (Å²) in [7, 11) is 0. The Balaban J connectivity index is 2.13. The van der Waals surface area contributed by atoms with Crippen molar-refractivity contribution in [2.24, 2.45) is 0 Å². The molecule has 1 fully saturated rings. The first-order chi connectivity index (χ1) is 10.7. The first kappa shape index (κ1) is 17.3. The zero-order chi connectivity index (χ0) is 17.2. The molecule has 1 N–H and O–H groups in total. The summed E-state index contributed by atoms with van der Waals surface area (Å²) in [6.07, 6.45) is -1.91. The van der Waals surface area contributed by atoms with Crippen LogP contribution in [0.5, 0.6) is 0 Å². The first-order valence-corrected chi connectivity index (χ1v) is 7.14. The summed E-state index contributed by atoms with van der Waals surface area (Å²) in [5.74, 6) is -2.21. The molecule has 1 aliphatic heterocycles. The van der Waals surface area contributed by atoms with Crippen molar-refractivity contribution in [3.05, 3.63) is 24.3 Å². The minimum atomic E-state index is -1.74.